The Hall–Kier alpha value is -1.88. The van der Waals surface area contributed by atoms with Crippen molar-refractivity contribution in [3.05, 3.63) is 24.4 Å². The Morgan fingerprint density at radius 2 is 2.20 bits per heavy atom. The minimum Gasteiger partial charge on any atom is -0.368 e. The molecule has 5 nitrogen and oxygen atoms in total. The molecule has 20 heavy (non-hydrogen) atoms. The molecule has 0 unspecified atom stereocenters. The molecule has 0 spiro atoms. The zero-order valence-electron chi connectivity index (χ0n) is 11.4. The van der Waals surface area contributed by atoms with Crippen molar-refractivity contribution in [3.8, 4) is 0 Å². The van der Waals surface area contributed by atoms with Crippen LogP contribution in [0.5, 0.6) is 0 Å². The molecule has 1 aromatic heterocycles. The van der Waals surface area contributed by atoms with Gasteiger partial charge in [-0.1, -0.05) is 31.4 Å². The van der Waals surface area contributed by atoms with Gasteiger partial charge in [-0.3, -0.25) is 9.89 Å². The van der Waals surface area contributed by atoms with Gasteiger partial charge in [0.1, 0.15) is 6.61 Å². The smallest absolute Gasteiger partial charge is 0.250 e. The van der Waals surface area contributed by atoms with E-state index in [0.717, 1.165) is 29.4 Å². The van der Waals surface area contributed by atoms with Gasteiger partial charge in [-0.15, -0.1) is 0 Å². The van der Waals surface area contributed by atoms with Gasteiger partial charge in [0.2, 0.25) is 5.91 Å². The zero-order chi connectivity index (χ0) is 13.8. The summed E-state index contributed by atoms with van der Waals surface area (Å²) in [6, 6.07) is 5.71. The Labute approximate surface area is 117 Å². The molecule has 2 aromatic rings. The van der Waals surface area contributed by atoms with E-state index >= 15 is 0 Å². The van der Waals surface area contributed by atoms with Crippen LogP contribution in [0.15, 0.2) is 24.4 Å². The third-order valence-corrected chi connectivity index (χ3v) is 3.75. The molecule has 1 aliphatic rings. The van der Waals surface area contributed by atoms with Gasteiger partial charge >= 0.3 is 0 Å². The molecular formula is C15H19N3O2. The van der Waals surface area contributed by atoms with Gasteiger partial charge in [0.25, 0.3) is 0 Å². The van der Waals surface area contributed by atoms with Crippen LogP contribution in [-0.2, 0) is 9.53 Å². The highest BCUT2D eigenvalue weighted by molar-refractivity contribution is 6.00. The van der Waals surface area contributed by atoms with E-state index in [2.05, 4.69) is 15.5 Å². The van der Waals surface area contributed by atoms with Gasteiger partial charge < -0.3 is 10.1 Å². The third kappa shape index (κ3) is 2.99. The Kier molecular flexibility index (Phi) is 3.97. The average molecular weight is 273 g/mol. The first kappa shape index (κ1) is 13.1. The lowest BCUT2D eigenvalue weighted by Gasteiger charge is -2.21. The summed E-state index contributed by atoms with van der Waals surface area (Å²) in [5.74, 6) is -0.113. The lowest BCUT2D eigenvalue weighted by molar-refractivity contribution is -0.123. The number of rotatable bonds is 4. The number of ether oxygens (including phenoxy) is 1. The number of nitrogens with zero attached hydrogens (tertiary/aromatic N) is 1. The van der Waals surface area contributed by atoms with Crippen molar-refractivity contribution in [1.29, 1.82) is 0 Å². The van der Waals surface area contributed by atoms with E-state index in [1.807, 2.05) is 18.2 Å². The highest BCUT2D eigenvalue weighted by Gasteiger charge is 2.15. The quantitative estimate of drug-likeness (QED) is 0.900. The molecule has 0 radical (unpaired) electrons. The number of aromatic nitrogens is 2. The molecule has 1 aliphatic carbocycles. The Morgan fingerprint density at radius 3 is 3.05 bits per heavy atom. The number of benzene rings is 1. The molecule has 1 fully saturated rings. The first-order valence-corrected chi connectivity index (χ1v) is 7.16. The van der Waals surface area contributed by atoms with Gasteiger partial charge in [-0.25, -0.2) is 0 Å². The SMILES string of the molecule is O=C(COC1CCCCC1)Nc1cccc2cn[nH]c12. The lowest BCUT2D eigenvalue weighted by atomic mass is 9.98. The summed E-state index contributed by atoms with van der Waals surface area (Å²) >= 11 is 0. The molecule has 0 bridgehead atoms. The molecule has 5 heteroatoms. The van der Waals surface area contributed by atoms with Crippen molar-refractivity contribution in [2.75, 3.05) is 11.9 Å². The van der Waals surface area contributed by atoms with E-state index in [1.54, 1.807) is 6.20 Å². The highest BCUT2D eigenvalue weighted by Crippen LogP contribution is 2.21. The molecule has 1 aromatic carbocycles. The fourth-order valence-corrected chi connectivity index (χ4v) is 2.68. The number of hydrogen-bond donors (Lipinski definition) is 2. The Morgan fingerprint density at radius 1 is 1.35 bits per heavy atom. The normalized spacial score (nSPS) is 16.4. The first-order chi connectivity index (χ1) is 9.83. The third-order valence-electron chi connectivity index (χ3n) is 3.75. The summed E-state index contributed by atoms with van der Waals surface area (Å²) in [6.07, 6.45) is 7.83. The zero-order valence-corrected chi connectivity index (χ0v) is 11.4. The highest BCUT2D eigenvalue weighted by atomic mass is 16.5. The maximum atomic E-state index is 12.0. The minimum absolute atomic E-state index is 0.113. The van der Waals surface area contributed by atoms with Gasteiger partial charge in [0.15, 0.2) is 0 Å². The summed E-state index contributed by atoms with van der Waals surface area (Å²) < 4.78 is 5.67. The summed E-state index contributed by atoms with van der Waals surface area (Å²) in [4.78, 5) is 12.0. The number of carbonyl (C=O) groups excluding carboxylic acids is 1. The number of anilines is 1. The summed E-state index contributed by atoms with van der Waals surface area (Å²) in [6.45, 7) is 0.120. The number of amides is 1. The van der Waals surface area contributed by atoms with Gasteiger partial charge in [-0.05, 0) is 18.9 Å². The van der Waals surface area contributed by atoms with E-state index in [-0.39, 0.29) is 18.6 Å². The van der Waals surface area contributed by atoms with E-state index in [9.17, 15) is 4.79 Å². The number of H-pyrrole nitrogens is 1. The van der Waals surface area contributed by atoms with Crippen LogP contribution in [0.4, 0.5) is 5.69 Å². The number of nitrogens with one attached hydrogen (secondary N) is 2. The maximum Gasteiger partial charge on any atom is 0.250 e. The predicted octanol–water partition coefficient (Wildman–Crippen LogP) is 2.85. The van der Waals surface area contributed by atoms with Crippen molar-refractivity contribution in [2.24, 2.45) is 0 Å². The largest absolute Gasteiger partial charge is 0.368 e. The second-order valence-corrected chi connectivity index (χ2v) is 5.26. The van der Waals surface area contributed by atoms with Crippen LogP contribution in [0.25, 0.3) is 10.9 Å². The van der Waals surface area contributed by atoms with Crippen LogP contribution in [-0.4, -0.2) is 28.8 Å². The van der Waals surface area contributed by atoms with E-state index in [1.165, 1.54) is 19.3 Å². The van der Waals surface area contributed by atoms with Gasteiger partial charge in [0.05, 0.1) is 23.5 Å². The van der Waals surface area contributed by atoms with Crippen LogP contribution >= 0.6 is 0 Å². The van der Waals surface area contributed by atoms with Crippen LogP contribution in [0, 0.1) is 0 Å². The number of hydrogen-bond acceptors (Lipinski definition) is 3. The second kappa shape index (κ2) is 6.05. The fourth-order valence-electron chi connectivity index (χ4n) is 2.68. The second-order valence-electron chi connectivity index (χ2n) is 5.26. The molecule has 1 saturated carbocycles. The molecule has 0 atom stereocenters. The van der Waals surface area contributed by atoms with Crippen LogP contribution in [0.1, 0.15) is 32.1 Å². The molecular weight excluding hydrogens is 254 g/mol. The van der Waals surface area contributed by atoms with Crippen molar-refractivity contribution in [1.82, 2.24) is 10.2 Å². The van der Waals surface area contributed by atoms with Crippen molar-refractivity contribution < 1.29 is 9.53 Å². The van der Waals surface area contributed by atoms with Gasteiger partial charge in [-0.2, -0.15) is 5.10 Å². The standard InChI is InChI=1S/C15H19N3O2/c19-14(10-20-12-6-2-1-3-7-12)17-13-8-4-5-11-9-16-18-15(11)13/h4-5,8-9,12H,1-3,6-7,10H2,(H,16,18)(H,17,19). The fraction of sp³-hybridized carbons (Fsp3) is 0.467. The molecule has 1 heterocycles. The van der Waals surface area contributed by atoms with E-state index in [0.29, 0.717) is 0 Å². The van der Waals surface area contributed by atoms with Gasteiger partial charge in [0, 0.05) is 5.39 Å². The predicted molar refractivity (Wildman–Crippen MR) is 77.5 cm³/mol. The van der Waals surface area contributed by atoms with Crippen LogP contribution in [0.3, 0.4) is 0 Å². The molecule has 3 rings (SSSR count). The minimum atomic E-state index is -0.113. The Balaban J connectivity index is 1.57. The molecule has 2 N–H and O–H groups in total. The van der Waals surface area contributed by atoms with E-state index in [4.69, 9.17) is 4.74 Å². The Bertz CT molecular complexity index is 588. The number of carbonyl (C=O) groups is 1. The monoisotopic (exact) mass is 273 g/mol. The summed E-state index contributed by atoms with van der Waals surface area (Å²) in [5, 5.41) is 10.7. The average Bonchev–Trinajstić information content (AvgIpc) is 2.96. The molecule has 1 amide bonds. The maximum absolute atomic E-state index is 12.0. The lowest BCUT2D eigenvalue weighted by Crippen LogP contribution is -2.24. The van der Waals surface area contributed by atoms with Crippen LogP contribution < -0.4 is 5.32 Å². The van der Waals surface area contributed by atoms with Crippen molar-refractivity contribution >= 4 is 22.5 Å². The number of aromatic amines is 1. The molecule has 0 saturated heterocycles. The van der Waals surface area contributed by atoms with Crippen molar-refractivity contribution in [3.63, 3.8) is 0 Å². The summed E-state index contributed by atoms with van der Waals surface area (Å²) in [7, 11) is 0. The summed E-state index contributed by atoms with van der Waals surface area (Å²) in [5.41, 5.74) is 1.59. The van der Waals surface area contributed by atoms with E-state index < -0.39 is 0 Å². The molecule has 0 aliphatic heterocycles. The first-order valence-electron chi connectivity index (χ1n) is 7.16. The molecule has 106 valence electrons. The van der Waals surface area contributed by atoms with Crippen molar-refractivity contribution in [2.45, 2.75) is 38.2 Å². The number of para-hydroxylation sites is 1. The van der Waals surface area contributed by atoms with Crippen LogP contribution in [0.2, 0.25) is 0 Å². The topological polar surface area (TPSA) is 67.0 Å². The number of fused-ring (bicyclic) bond motifs is 1.